The minimum Gasteiger partial charge on any atom is -0.381 e. The number of amides is 1. The molecule has 0 aliphatic carbocycles. The van der Waals surface area contributed by atoms with Crippen LogP contribution in [-0.4, -0.2) is 30.1 Å². The number of carbonyl (C=O) groups excluding carboxylic acids is 1. The first-order valence-electron chi connectivity index (χ1n) is 8.43. The average molecular weight is 398 g/mol. The number of nitrogens with zero attached hydrogens (tertiary/aromatic N) is 5. The Hall–Kier alpha value is -3.46. The van der Waals surface area contributed by atoms with Crippen molar-refractivity contribution in [2.45, 2.75) is 13.0 Å². The number of nitrogens with one attached hydrogen (secondary N) is 1. The van der Waals surface area contributed by atoms with Gasteiger partial charge in [0.25, 0.3) is 11.5 Å². The van der Waals surface area contributed by atoms with E-state index in [1.165, 1.54) is 9.08 Å². The summed E-state index contributed by atoms with van der Waals surface area (Å²) in [7, 11) is 1.58. The van der Waals surface area contributed by atoms with Crippen LogP contribution in [0.1, 0.15) is 29.1 Å². The zero-order valence-electron chi connectivity index (χ0n) is 15.0. The Morgan fingerprint density at radius 1 is 1.32 bits per heavy atom. The van der Waals surface area contributed by atoms with Crippen molar-refractivity contribution in [2.75, 3.05) is 5.73 Å². The molecule has 3 N–H and O–H groups in total. The van der Waals surface area contributed by atoms with E-state index in [0.29, 0.717) is 27.4 Å². The summed E-state index contributed by atoms with van der Waals surface area (Å²) in [6, 6.07) is 6.16. The molecular formula is C18H16ClN7O2. The molecule has 0 radical (unpaired) electrons. The molecule has 0 bridgehead atoms. The van der Waals surface area contributed by atoms with Crippen LogP contribution in [0.4, 0.5) is 5.82 Å². The number of benzene rings is 1. The first-order chi connectivity index (χ1) is 13.4. The van der Waals surface area contributed by atoms with E-state index in [0.717, 1.165) is 0 Å². The molecule has 4 rings (SSSR count). The summed E-state index contributed by atoms with van der Waals surface area (Å²) in [5, 5.41) is 7.56. The number of rotatable bonds is 3. The lowest BCUT2D eigenvalue weighted by molar-refractivity contribution is 0.0940. The van der Waals surface area contributed by atoms with E-state index >= 15 is 0 Å². The summed E-state index contributed by atoms with van der Waals surface area (Å²) in [5.41, 5.74) is 6.58. The quantitative estimate of drug-likeness (QED) is 0.543. The van der Waals surface area contributed by atoms with E-state index in [1.54, 1.807) is 50.6 Å². The molecule has 28 heavy (non-hydrogen) atoms. The van der Waals surface area contributed by atoms with E-state index in [9.17, 15) is 9.59 Å². The van der Waals surface area contributed by atoms with Crippen molar-refractivity contribution in [1.82, 2.24) is 29.5 Å². The summed E-state index contributed by atoms with van der Waals surface area (Å²) in [4.78, 5) is 34.2. The molecule has 10 heteroatoms. The minimum atomic E-state index is -0.577. The average Bonchev–Trinajstić information content (AvgIpc) is 3.00. The molecule has 0 fully saturated rings. The number of carbonyl (C=O) groups is 1. The zero-order chi connectivity index (χ0) is 20.0. The van der Waals surface area contributed by atoms with E-state index in [-0.39, 0.29) is 16.9 Å². The van der Waals surface area contributed by atoms with Gasteiger partial charge in [-0.1, -0.05) is 17.7 Å². The Bertz CT molecular complexity index is 1290. The third-order valence-corrected chi connectivity index (χ3v) is 4.79. The summed E-state index contributed by atoms with van der Waals surface area (Å²) >= 11 is 6.14. The van der Waals surface area contributed by atoms with E-state index in [2.05, 4.69) is 20.4 Å². The second-order valence-corrected chi connectivity index (χ2v) is 6.72. The maximum absolute atomic E-state index is 12.8. The summed E-state index contributed by atoms with van der Waals surface area (Å²) in [6.45, 7) is 1.73. The number of nitrogens with two attached hydrogens (primary N) is 1. The Labute approximate surface area is 163 Å². The van der Waals surface area contributed by atoms with Gasteiger partial charge in [0.15, 0.2) is 11.5 Å². The number of halogens is 1. The first-order valence-corrected chi connectivity index (χ1v) is 8.81. The summed E-state index contributed by atoms with van der Waals surface area (Å²) in [6.07, 6.45) is 3.20. The third kappa shape index (κ3) is 2.76. The molecule has 3 heterocycles. The molecule has 142 valence electrons. The van der Waals surface area contributed by atoms with E-state index in [1.807, 2.05) is 0 Å². The number of hydrogen-bond acceptors (Lipinski definition) is 6. The topological polar surface area (TPSA) is 120 Å². The molecule has 0 saturated carbocycles. The predicted octanol–water partition coefficient (Wildman–Crippen LogP) is 1.70. The third-order valence-electron chi connectivity index (χ3n) is 4.47. The van der Waals surface area contributed by atoms with Crippen molar-refractivity contribution >= 4 is 39.9 Å². The molecule has 4 aromatic rings. The molecule has 0 aliphatic rings. The van der Waals surface area contributed by atoms with Gasteiger partial charge in [-0.3, -0.25) is 14.2 Å². The molecule has 0 saturated heterocycles. The van der Waals surface area contributed by atoms with Crippen LogP contribution in [-0.2, 0) is 7.05 Å². The molecule has 0 aliphatic heterocycles. The molecule has 3 aromatic heterocycles. The van der Waals surface area contributed by atoms with Crippen LogP contribution < -0.4 is 16.6 Å². The van der Waals surface area contributed by atoms with Crippen LogP contribution in [0.15, 0.2) is 41.5 Å². The van der Waals surface area contributed by atoms with Crippen molar-refractivity contribution in [3.05, 3.63) is 63.4 Å². The van der Waals surface area contributed by atoms with Crippen molar-refractivity contribution in [3.8, 4) is 0 Å². The highest BCUT2D eigenvalue weighted by molar-refractivity contribution is 6.35. The van der Waals surface area contributed by atoms with E-state index in [4.69, 9.17) is 17.3 Å². The molecule has 1 amide bonds. The van der Waals surface area contributed by atoms with Gasteiger partial charge in [-0.2, -0.15) is 0 Å². The molecular weight excluding hydrogens is 382 g/mol. The standard InChI is InChI=1S/C18H16ClN7O2/c1-9(15-23-11-6-3-5-10(19)12(11)18(28)25(15)2)22-17(27)13-14(20)24-26-8-4-7-21-16(13)26/h3-9H,1-2H3,(H2,20,24)(H,22,27). The van der Waals surface area contributed by atoms with Crippen molar-refractivity contribution < 1.29 is 4.79 Å². The van der Waals surface area contributed by atoms with Gasteiger partial charge in [-0.15, -0.1) is 5.10 Å². The Kier molecular flexibility index (Phi) is 4.23. The lowest BCUT2D eigenvalue weighted by Gasteiger charge is -2.17. The largest absolute Gasteiger partial charge is 0.381 e. The maximum Gasteiger partial charge on any atom is 0.262 e. The number of nitrogen functional groups attached to an aromatic ring is 1. The highest BCUT2D eigenvalue weighted by atomic mass is 35.5. The van der Waals surface area contributed by atoms with Gasteiger partial charge in [-0.25, -0.2) is 14.5 Å². The van der Waals surface area contributed by atoms with Crippen LogP contribution in [0.25, 0.3) is 16.6 Å². The highest BCUT2D eigenvalue weighted by Crippen LogP contribution is 2.21. The van der Waals surface area contributed by atoms with Gasteiger partial charge in [-0.05, 0) is 25.1 Å². The van der Waals surface area contributed by atoms with Gasteiger partial charge >= 0.3 is 0 Å². The fourth-order valence-corrected chi connectivity index (χ4v) is 3.38. The zero-order valence-corrected chi connectivity index (χ0v) is 15.8. The van der Waals surface area contributed by atoms with Crippen LogP contribution in [0.5, 0.6) is 0 Å². The van der Waals surface area contributed by atoms with Gasteiger partial charge < -0.3 is 11.1 Å². The van der Waals surface area contributed by atoms with Crippen LogP contribution in [0.2, 0.25) is 5.02 Å². The van der Waals surface area contributed by atoms with Gasteiger partial charge in [0.05, 0.1) is 22.0 Å². The van der Waals surface area contributed by atoms with Gasteiger partial charge in [0.2, 0.25) is 0 Å². The number of fused-ring (bicyclic) bond motifs is 2. The Balaban J connectivity index is 1.73. The van der Waals surface area contributed by atoms with Crippen LogP contribution >= 0.6 is 11.6 Å². The van der Waals surface area contributed by atoms with Crippen molar-refractivity contribution in [3.63, 3.8) is 0 Å². The van der Waals surface area contributed by atoms with Gasteiger partial charge in [0.1, 0.15) is 11.4 Å². The summed E-state index contributed by atoms with van der Waals surface area (Å²) < 4.78 is 2.80. The minimum absolute atomic E-state index is 0.0653. The van der Waals surface area contributed by atoms with Crippen LogP contribution in [0.3, 0.4) is 0 Å². The fourth-order valence-electron chi connectivity index (χ4n) is 3.13. The van der Waals surface area contributed by atoms with Crippen molar-refractivity contribution in [2.24, 2.45) is 7.05 Å². The van der Waals surface area contributed by atoms with Gasteiger partial charge in [0, 0.05) is 19.4 Å². The molecule has 0 spiro atoms. The molecule has 1 atom stereocenters. The molecule has 1 aromatic carbocycles. The number of aromatic nitrogens is 5. The molecule has 9 nitrogen and oxygen atoms in total. The second-order valence-electron chi connectivity index (χ2n) is 6.31. The van der Waals surface area contributed by atoms with Crippen molar-refractivity contribution in [1.29, 1.82) is 0 Å². The SMILES string of the molecule is CC(NC(=O)c1c(N)nn2cccnc12)c1nc2cccc(Cl)c2c(=O)n1C. The fraction of sp³-hybridized carbons (Fsp3) is 0.167. The predicted molar refractivity (Wildman–Crippen MR) is 105 cm³/mol. The van der Waals surface area contributed by atoms with Crippen LogP contribution in [0, 0.1) is 0 Å². The smallest absolute Gasteiger partial charge is 0.262 e. The summed E-state index contributed by atoms with van der Waals surface area (Å²) in [5.74, 6) is -0.00852. The number of anilines is 1. The second kappa shape index (κ2) is 6.61. The lowest BCUT2D eigenvalue weighted by Crippen LogP contribution is -2.33. The Morgan fingerprint density at radius 2 is 2.11 bits per heavy atom. The first kappa shape index (κ1) is 17.9. The van der Waals surface area contributed by atoms with E-state index < -0.39 is 11.9 Å². The Morgan fingerprint density at radius 3 is 2.89 bits per heavy atom. The number of hydrogen-bond donors (Lipinski definition) is 2. The molecule has 1 unspecified atom stereocenters. The monoisotopic (exact) mass is 397 g/mol. The lowest BCUT2D eigenvalue weighted by atomic mass is 10.2. The maximum atomic E-state index is 12.8. The normalized spacial score (nSPS) is 12.4. The highest BCUT2D eigenvalue weighted by Gasteiger charge is 2.23.